The monoisotopic (exact) mass is 292 g/mol. The summed E-state index contributed by atoms with van der Waals surface area (Å²) in [5.74, 6) is 1.94. The third-order valence-electron chi connectivity index (χ3n) is 2.83. The second kappa shape index (κ2) is 6.51. The molecule has 1 N–H and O–H groups in total. The predicted octanol–water partition coefficient (Wildman–Crippen LogP) is 2.07. The molecule has 2 rings (SSSR count). The van der Waals surface area contributed by atoms with Crippen molar-refractivity contribution in [2.75, 3.05) is 42.8 Å². The van der Waals surface area contributed by atoms with Gasteiger partial charge in [0, 0.05) is 32.6 Å². The molecule has 20 heavy (non-hydrogen) atoms. The predicted molar refractivity (Wildman–Crippen MR) is 84.7 cm³/mol. The fourth-order valence-electron chi connectivity index (χ4n) is 1.72. The highest BCUT2D eigenvalue weighted by Crippen LogP contribution is 2.19. The van der Waals surface area contributed by atoms with Crippen LogP contribution in [0.15, 0.2) is 17.5 Å². The minimum absolute atomic E-state index is 0.586. The molecule has 2 aromatic rings. The summed E-state index contributed by atoms with van der Waals surface area (Å²) in [6.45, 7) is 3.76. The van der Waals surface area contributed by atoms with Gasteiger partial charge in [0.05, 0.1) is 6.54 Å². The molecule has 0 aliphatic heterocycles. The van der Waals surface area contributed by atoms with Gasteiger partial charge in [0.2, 0.25) is 17.8 Å². The molecule has 0 aliphatic carbocycles. The Bertz CT molecular complexity index is 540. The average Bonchev–Trinajstić information content (AvgIpc) is 2.97. The Balaban J connectivity index is 2.30. The molecule has 0 radical (unpaired) electrons. The van der Waals surface area contributed by atoms with E-state index in [1.807, 2.05) is 26.0 Å². The van der Waals surface area contributed by atoms with Crippen LogP contribution < -0.4 is 15.1 Å². The van der Waals surface area contributed by atoms with Crippen molar-refractivity contribution in [1.29, 1.82) is 0 Å². The highest BCUT2D eigenvalue weighted by molar-refractivity contribution is 7.09. The van der Waals surface area contributed by atoms with Crippen molar-refractivity contribution in [2.45, 2.75) is 13.5 Å². The van der Waals surface area contributed by atoms with Gasteiger partial charge in [-0.1, -0.05) is 6.07 Å². The van der Waals surface area contributed by atoms with E-state index < -0.39 is 0 Å². The Morgan fingerprint density at radius 3 is 2.50 bits per heavy atom. The van der Waals surface area contributed by atoms with E-state index in [4.69, 9.17) is 0 Å². The number of anilines is 3. The first kappa shape index (κ1) is 14.5. The van der Waals surface area contributed by atoms with Crippen LogP contribution in [-0.4, -0.2) is 42.6 Å². The lowest BCUT2D eigenvalue weighted by atomic mass is 10.4. The zero-order valence-electron chi connectivity index (χ0n) is 12.3. The normalized spacial score (nSPS) is 10.4. The van der Waals surface area contributed by atoms with Crippen molar-refractivity contribution in [3.05, 3.63) is 22.4 Å². The van der Waals surface area contributed by atoms with E-state index in [2.05, 4.69) is 49.6 Å². The average molecular weight is 292 g/mol. The highest BCUT2D eigenvalue weighted by Gasteiger charge is 2.13. The Kier molecular flexibility index (Phi) is 4.73. The summed E-state index contributed by atoms with van der Waals surface area (Å²) in [6, 6.07) is 4.19. The number of nitrogens with one attached hydrogen (secondary N) is 1. The van der Waals surface area contributed by atoms with Gasteiger partial charge >= 0.3 is 0 Å². The summed E-state index contributed by atoms with van der Waals surface area (Å²) < 4.78 is 0. The first-order chi connectivity index (χ1) is 9.63. The number of thiophene rings is 1. The molecule has 0 unspecified atom stereocenters. The van der Waals surface area contributed by atoms with Crippen molar-refractivity contribution in [3.63, 3.8) is 0 Å². The van der Waals surface area contributed by atoms with E-state index in [-0.39, 0.29) is 0 Å². The molecule has 0 amide bonds. The van der Waals surface area contributed by atoms with E-state index in [9.17, 15) is 0 Å². The second-order valence-corrected chi connectivity index (χ2v) is 5.53. The van der Waals surface area contributed by atoms with Crippen LogP contribution in [0.2, 0.25) is 0 Å². The van der Waals surface area contributed by atoms with Gasteiger partial charge in [0.15, 0.2) is 0 Å². The third-order valence-corrected chi connectivity index (χ3v) is 3.69. The molecular weight excluding hydrogens is 272 g/mol. The smallest absolute Gasteiger partial charge is 0.232 e. The molecule has 7 heteroatoms. The van der Waals surface area contributed by atoms with Gasteiger partial charge in [-0.15, -0.1) is 11.3 Å². The fourth-order valence-corrected chi connectivity index (χ4v) is 2.44. The molecule has 2 aromatic heterocycles. The molecule has 0 fully saturated rings. The lowest BCUT2D eigenvalue weighted by Gasteiger charge is -2.22. The minimum Gasteiger partial charge on any atom is -0.357 e. The molecule has 108 valence electrons. The molecule has 0 aliphatic rings. The maximum absolute atomic E-state index is 4.53. The van der Waals surface area contributed by atoms with E-state index in [1.165, 1.54) is 4.88 Å². The quantitative estimate of drug-likeness (QED) is 0.879. The van der Waals surface area contributed by atoms with Gasteiger partial charge in [-0.25, -0.2) is 0 Å². The van der Waals surface area contributed by atoms with E-state index >= 15 is 0 Å². The van der Waals surface area contributed by atoms with Crippen LogP contribution in [0.5, 0.6) is 0 Å². The van der Waals surface area contributed by atoms with E-state index in [0.29, 0.717) is 17.8 Å². The van der Waals surface area contributed by atoms with Gasteiger partial charge in [-0.05, 0) is 18.4 Å². The lowest BCUT2D eigenvalue weighted by Crippen LogP contribution is -2.26. The topological polar surface area (TPSA) is 57.2 Å². The first-order valence-corrected chi connectivity index (χ1v) is 7.40. The standard InChI is InChI=1S/C13H20N6S/c1-5-19(9-10-7-6-8-20-10)13-16-11(14-2)15-12(17-13)18(3)4/h6-8H,5,9H2,1-4H3,(H,14,15,16,17). The molecule has 0 saturated carbocycles. The summed E-state index contributed by atoms with van der Waals surface area (Å²) in [5, 5.41) is 5.07. The van der Waals surface area contributed by atoms with Crippen molar-refractivity contribution in [3.8, 4) is 0 Å². The van der Waals surface area contributed by atoms with Crippen LogP contribution in [0.4, 0.5) is 17.8 Å². The Hall–Kier alpha value is -1.89. The van der Waals surface area contributed by atoms with Crippen molar-refractivity contribution >= 4 is 29.2 Å². The molecule has 0 atom stereocenters. The van der Waals surface area contributed by atoms with Crippen LogP contribution in [0, 0.1) is 0 Å². The van der Waals surface area contributed by atoms with Gasteiger partial charge in [0.1, 0.15) is 0 Å². The second-order valence-electron chi connectivity index (χ2n) is 4.50. The minimum atomic E-state index is 0.586. The van der Waals surface area contributed by atoms with Crippen LogP contribution >= 0.6 is 11.3 Å². The maximum atomic E-state index is 4.53. The van der Waals surface area contributed by atoms with Gasteiger partial charge in [0.25, 0.3) is 0 Å². The van der Waals surface area contributed by atoms with Gasteiger partial charge in [-0.2, -0.15) is 15.0 Å². The summed E-state index contributed by atoms with van der Waals surface area (Å²) >= 11 is 1.74. The van der Waals surface area contributed by atoms with Gasteiger partial charge in [-0.3, -0.25) is 0 Å². The zero-order valence-corrected chi connectivity index (χ0v) is 13.1. The summed E-state index contributed by atoms with van der Waals surface area (Å²) in [6.07, 6.45) is 0. The first-order valence-electron chi connectivity index (χ1n) is 6.52. The number of nitrogens with zero attached hydrogens (tertiary/aromatic N) is 5. The van der Waals surface area contributed by atoms with E-state index in [0.717, 1.165) is 13.1 Å². The molecular formula is C13H20N6S. The van der Waals surface area contributed by atoms with E-state index in [1.54, 1.807) is 11.3 Å². The van der Waals surface area contributed by atoms with Gasteiger partial charge < -0.3 is 15.1 Å². The zero-order chi connectivity index (χ0) is 14.5. The fraction of sp³-hybridized carbons (Fsp3) is 0.462. The number of aromatic nitrogens is 3. The molecule has 0 spiro atoms. The van der Waals surface area contributed by atoms with Crippen LogP contribution in [0.25, 0.3) is 0 Å². The molecule has 6 nitrogen and oxygen atoms in total. The maximum Gasteiger partial charge on any atom is 0.232 e. The molecule has 0 saturated heterocycles. The Morgan fingerprint density at radius 1 is 1.20 bits per heavy atom. The molecule has 2 heterocycles. The largest absolute Gasteiger partial charge is 0.357 e. The van der Waals surface area contributed by atoms with Crippen molar-refractivity contribution in [1.82, 2.24) is 15.0 Å². The summed E-state index contributed by atoms with van der Waals surface area (Å²) in [7, 11) is 5.66. The van der Waals surface area contributed by atoms with Crippen LogP contribution in [0.3, 0.4) is 0 Å². The number of hydrogen-bond donors (Lipinski definition) is 1. The molecule has 0 aromatic carbocycles. The lowest BCUT2D eigenvalue weighted by molar-refractivity contribution is 0.788. The van der Waals surface area contributed by atoms with Crippen molar-refractivity contribution < 1.29 is 0 Å². The van der Waals surface area contributed by atoms with Crippen LogP contribution in [-0.2, 0) is 6.54 Å². The Labute approximate surface area is 123 Å². The summed E-state index contributed by atoms with van der Waals surface area (Å²) in [5.41, 5.74) is 0. The van der Waals surface area contributed by atoms with Crippen LogP contribution in [0.1, 0.15) is 11.8 Å². The van der Waals surface area contributed by atoms with Crippen molar-refractivity contribution in [2.24, 2.45) is 0 Å². The third kappa shape index (κ3) is 3.36. The molecule has 0 bridgehead atoms. The number of rotatable bonds is 6. The highest BCUT2D eigenvalue weighted by atomic mass is 32.1. The SMILES string of the molecule is CCN(Cc1cccs1)c1nc(NC)nc(N(C)C)n1. The number of hydrogen-bond acceptors (Lipinski definition) is 7. The summed E-state index contributed by atoms with van der Waals surface area (Å²) in [4.78, 5) is 18.6. The Morgan fingerprint density at radius 2 is 1.95 bits per heavy atom.